The number of hydrogen-bond acceptors (Lipinski definition) is 3. The zero-order valence-corrected chi connectivity index (χ0v) is 14.0. The quantitative estimate of drug-likeness (QED) is 0.734. The highest BCUT2D eigenvalue weighted by Crippen LogP contribution is 2.30. The first kappa shape index (κ1) is 15.1. The van der Waals surface area contributed by atoms with Crippen LogP contribution in [0.1, 0.15) is 31.2 Å². The molecule has 124 valence electrons. The Morgan fingerprint density at radius 1 is 1.12 bits per heavy atom. The van der Waals surface area contributed by atoms with Gasteiger partial charge in [0.1, 0.15) is 11.9 Å². The van der Waals surface area contributed by atoms with Crippen molar-refractivity contribution in [1.82, 2.24) is 10.2 Å². The first-order valence-corrected chi connectivity index (χ1v) is 8.70. The first-order valence-electron chi connectivity index (χ1n) is 8.70. The Labute approximate surface area is 142 Å². The van der Waals surface area contributed by atoms with Gasteiger partial charge < -0.3 is 10.1 Å². The molecule has 3 aromatic rings. The molecule has 1 saturated carbocycles. The van der Waals surface area contributed by atoms with Gasteiger partial charge in [-0.3, -0.25) is 5.10 Å². The molecule has 4 rings (SSSR count). The number of rotatable bonds is 4. The van der Waals surface area contributed by atoms with Crippen molar-refractivity contribution in [2.45, 2.75) is 44.8 Å². The van der Waals surface area contributed by atoms with E-state index in [0.717, 1.165) is 29.5 Å². The lowest BCUT2D eigenvalue weighted by molar-refractivity contribution is 0.147. The van der Waals surface area contributed by atoms with Gasteiger partial charge >= 0.3 is 0 Å². The number of nitrogens with zero attached hydrogens (tertiary/aromatic N) is 1. The van der Waals surface area contributed by atoms with E-state index in [1.54, 1.807) is 0 Å². The number of fused-ring (bicyclic) bond motifs is 1. The molecular formula is C20H23N3O. The van der Waals surface area contributed by atoms with Crippen LogP contribution in [0.2, 0.25) is 0 Å². The lowest BCUT2D eigenvalue weighted by atomic mass is 9.92. The molecule has 0 spiro atoms. The van der Waals surface area contributed by atoms with Crippen molar-refractivity contribution < 1.29 is 4.74 Å². The van der Waals surface area contributed by atoms with E-state index in [4.69, 9.17) is 4.74 Å². The van der Waals surface area contributed by atoms with Crippen LogP contribution in [0, 0.1) is 6.92 Å². The fraction of sp³-hybridized carbons (Fsp3) is 0.350. The Bertz CT molecular complexity index is 812. The van der Waals surface area contributed by atoms with Crippen LogP contribution in [0.25, 0.3) is 10.9 Å². The lowest BCUT2D eigenvalue weighted by Crippen LogP contribution is -2.33. The van der Waals surface area contributed by atoms with Crippen LogP contribution in [0.5, 0.6) is 5.75 Å². The molecule has 0 aliphatic heterocycles. The van der Waals surface area contributed by atoms with Crippen molar-refractivity contribution in [1.29, 1.82) is 0 Å². The van der Waals surface area contributed by atoms with Crippen molar-refractivity contribution in [3.05, 3.63) is 54.2 Å². The number of aromatic amines is 1. The predicted molar refractivity (Wildman–Crippen MR) is 97.6 cm³/mol. The highest BCUT2D eigenvalue weighted by atomic mass is 16.5. The van der Waals surface area contributed by atoms with Gasteiger partial charge in [-0.2, -0.15) is 5.10 Å². The molecule has 24 heavy (non-hydrogen) atoms. The predicted octanol–water partition coefficient (Wildman–Crippen LogP) is 4.67. The molecule has 2 aromatic carbocycles. The second kappa shape index (κ2) is 6.56. The van der Waals surface area contributed by atoms with Crippen molar-refractivity contribution in [3.8, 4) is 5.75 Å². The van der Waals surface area contributed by atoms with Crippen LogP contribution in [-0.2, 0) is 0 Å². The highest BCUT2D eigenvalue weighted by Gasteiger charge is 2.24. The van der Waals surface area contributed by atoms with Crippen LogP contribution in [0.15, 0.2) is 48.7 Å². The van der Waals surface area contributed by atoms with Crippen molar-refractivity contribution >= 4 is 16.6 Å². The van der Waals surface area contributed by atoms with E-state index < -0.39 is 0 Å². The Kier molecular flexibility index (Phi) is 4.11. The summed E-state index contributed by atoms with van der Waals surface area (Å²) in [5.41, 5.74) is 3.42. The fourth-order valence-electron chi connectivity index (χ4n) is 3.60. The molecule has 2 N–H and O–H groups in total. The Hall–Kier alpha value is -2.49. The average molecular weight is 321 g/mol. The van der Waals surface area contributed by atoms with E-state index in [0.29, 0.717) is 6.04 Å². The Morgan fingerprint density at radius 3 is 2.88 bits per heavy atom. The number of anilines is 1. The molecule has 1 heterocycles. The van der Waals surface area contributed by atoms with Gasteiger partial charge in [-0.05, 0) is 50.5 Å². The highest BCUT2D eigenvalue weighted by molar-refractivity contribution is 5.83. The molecule has 0 bridgehead atoms. The topological polar surface area (TPSA) is 49.9 Å². The minimum atomic E-state index is 0.267. The van der Waals surface area contributed by atoms with Crippen molar-refractivity contribution in [2.24, 2.45) is 0 Å². The molecule has 4 nitrogen and oxygen atoms in total. The largest absolute Gasteiger partial charge is 0.490 e. The van der Waals surface area contributed by atoms with Gasteiger partial charge in [0.15, 0.2) is 0 Å². The maximum Gasteiger partial charge on any atom is 0.123 e. The maximum absolute atomic E-state index is 6.35. The monoisotopic (exact) mass is 321 g/mol. The number of hydrogen-bond donors (Lipinski definition) is 2. The number of benzene rings is 2. The second-order valence-corrected chi connectivity index (χ2v) is 6.63. The number of para-hydroxylation sites is 1. The van der Waals surface area contributed by atoms with E-state index in [9.17, 15) is 0 Å². The van der Waals surface area contributed by atoms with E-state index >= 15 is 0 Å². The zero-order valence-electron chi connectivity index (χ0n) is 14.0. The molecule has 1 aliphatic rings. The van der Waals surface area contributed by atoms with Crippen LogP contribution >= 0.6 is 0 Å². The van der Waals surface area contributed by atoms with E-state index in [1.165, 1.54) is 24.1 Å². The number of nitrogens with one attached hydrogen (secondary N) is 2. The summed E-state index contributed by atoms with van der Waals surface area (Å²) in [5.74, 6) is 0.981. The fourth-order valence-corrected chi connectivity index (χ4v) is 3.60. The van der Waals surface area contributed by atoms with Crippen LogP contribution in [0.4, 0.5) is 5.69 Å². The minimum Gasteiger partial charge on any atom is -0.490 e. The molecule has 4 heteroatoms. The molecular weight excluding hydrogens is 298 g/mol. The third-order valence-electron chi connectivity index (χ3n) is 4.91. The van der Waals surface area contributed by atoms with Crippen LogP contribution < -0.4 is 10.1 Å². The summed E-state index contributed by atoms with van der Waals surface area (Å²) in [7, 11) is 0. The van der Waals surface area contributed by atoms with Gasteiger partial charge in [-0.1, -0.05) is 18.2 Å². The average Bonchev–Trinajstić information content (AvgIpc) is 3.08. The number of aromatic nitrogens is 2. The molecule has 0 saturated heterocycles. The van der Waals surface area contributed by atoms with Crippen molar-refractivity contribution in [2.75, 3.05) is 5.32 Å². The number of ether oxygens (including phenoxy) is 1. The summed E-state index contributed by atoms with van der Waals surface area (Å²) in [6.45, 7) is 2.11. The normalized spacial score (nSPS) is 20.9. The SMILES string of the molecule is Cc1c(OC2CCCC(Nc3ccccc3)C2)ccc2[nH]ncc12. The van der Waals surface area contributed by atoms with Gasteiger partial charge in [0.2, 0.25) is 0 Å². The second-order valence-electron chi connectivity index (χ2n) is 6.63. The van der Waals surface area contributed by atoms with Crippen LogP contribution in [0.3, 0.4) is 0 Å². The summed E-state index contributed by atoms with van der Waals surface area (Å²) >= 11 is 0. The first-order chi connectivity index (χ1) is 11.8. The summed E-state index contributed by atoms with van der Waals surface area (Å²) in [4.78, 5) is 0. The number of aryl methyl sites for hydroxylation is 1. The summed E-state index contributed by atoms with van der Waals surface area (Å²) in [6.07, 6.45) is 6.70. The molecule has 1 aromatic heterocycles. The Morgan fingerprint density at radius 2 is 2.00 bits per heavy atom. The van der Waals surface area contributed by atoms with Gasteiger partial charge in [0.05, 0.1) is 11.7 Å². The van der Waals surface area contributed by atoms with Crippen LogP contribution in [-0.4, -0.2) is 22.3 Å². The molecule has 2 unspecified atom stereocenters. The third kappa shape index (κ3) is 3.09. The van der Waals surface area contributed by atoms with Gasteiger partial charge in [-0.15, -0.1) is 0 Å². The standard InChI is InChI=1S/C20H23N3O/c1-14-18-13-21-23-19(18)10-11-20(14)24-17-9-5-8-16(12-17)22-15-6-3-2-4-7-15/h2-4,6-7,10-11,13,16-17,22H,5,8-9,12H2,1H3,(H,21,23). The van der Waals surface area contributed by atoms with E-state index in [-0.39, 0.29) is 6.10 Å². The molecule has 1 aliphatic carbocycles. The third-order valence-corrected chi connectivity index (χ3v) is 4.91. The Balaban J connectivity index is 1.45. The molecule has 0 radical (unpaired) electrons. The van der Waals surface area contributed by atoms with Gasteiger partial charge in [0, 0.05) is 29.1 Å². The molecule has 2 atom stereocenters. The van der Waals surface area contributed by atoms with E-state index in [2.05, 4.69) is 52.8 Å². The summed E-state index contributed by atoms with van der Waals surface area (Å²) in [6, 6.07) is 15.0. The minimum absolute atomic E-state index is 0.267. The maximum atomic E-state index is 6.35. The summed E-state index contributed by atoms with van der Waals surface area (Å²) < 4.78 is 6.35. The molecule has 1 fully saturated rings. The zero-order chi connectivity index (χ0) is 16.4. The smallest absolute Gasteiger partial charge is 0.123 e. The van der Waals surface area contributed by atoms with Crippen molar-refractivity contribution in [3.63, 3.8) is 0 Å². The summed E-state index contributed by atoms with van der Waals surface area (Å²) in [5, 5.41) is 11.9. The molecule has 0 amide bonds. The number of H-pyrrole nitrogens is 1. The van der Waals surface area contributed by atoms with Gasteiger partial charge in [-0.25, -0.2) is 0 Å². The lowest BCUT2D eigenvalue weighted by Gasteiger charge is -2.31. The van der Waals surface area contributed by atoms with Gasteiger partial charge in [0.25, 0.3) is 0 Å². The van der Waals surface area contributed by atoms with E-state index in [1.807, 2.05) is 18.3 Å².